The van der Waals surface area contributed by atoms with Crippen LogP contribution in [0.4, 0.5) is 0 Å². The van der Waals surface area contributed by atoms with Crippen molar-refractivity contribution in [2.24, 2.45) is 0 Å². The van der Waals surface area contributed by atoms with Gasteiger partial charge in [0.1, 0.15) is 12.4 Å². The minimum Gasteiger partial charge on any atom is -0.491 e. The van der Waals surface area contributed by atoms with Crippen LogP contribution in [0.2, 0.25) is 0 Å². The molecule has 0 bridgehead atoms. The third kappa shape index (κ3) is 4.37. The maximum atomic E-state index is 8.79. The molecule has 2 aromatic rings. The fraction of sp³-hybridized carbons (Fsp3) is 0.188. The van der Waals surface area contributed by atoms with Gasteiger partial charge in [-0.05, 0) is 29.8 Å². The fourth-order valence-electron chi connectivity index (χ4n) is 1.67. The monoisotopic (exact) mass is 331 g/mol. The molecule has 4 heteroatoms. The number of hydrogen-bond acceptors (Lipinski definition) is 3. The maximum absolute atomic E-state index is 8.79. The molecule has 20 heavy (non-hydrogen) atoms. The molecule has 0 N–H and O–H groups in total. The summed E-state index contributed by atoms with van der Waals surface area (Å²) in [5.41, 5.74) is 1.70. The lowest BCUT2D eigenvalue weighted by molar-refractivity contribution is 0.0886. The maximum Gasteiger partial charge on any atom is 0.120 e. The molecule has 0 unspecified atom stereocenters. The third-order valence-electron chi connectivity index (χ3n) is 2.67. The predicted molar refractivity (Wildman–Crippen MR) is 80.5 cm³/mol. The van der Waals surface area contributed by atoms with E-state index in [1.807, 2.05) is 30.3 Å². The SMILES string of the molecule is N#Cc1cccc(OCCOCc2ccccc2Br)c1. The molecule has 0 aromatic heterocycles. The Balaban J connectivity index is 1.72. The van der Waals surface area contributed by atoms with Crippen molar-refractivity contribution in [2.75, 3.05) is 13.2 Å². The Morgan fingerprint density at radius 3 is 2.70 bits per heavy atom. The molecule has 0 atom stereocenters. The lowest BCUT2D eigenvalue weighted by Gasteiger charge is -2.08. The van der Waals surface area contributed by atoms with Crippen LogP contribution in [0.25, 0.3) is 0 Å². The normalized spacial score (nSPS) is 10.0. The molecule has 0 fully saturated rings. The van der Waals surface area contributed by atoms with Gasteiger partial charge in [-0.3, -0.25) is 0 Å². The number of rotatable bonds is 6. The molecule has 0 saturated heterocycles. The van der Waals surface area contributed by atoms with Gasteiger partial charge in [0, 0.05) is 4.47 Å². The first kappa shape index (κ1) is 14.6. The lowest BCUT2D eigenvalue weighted by atomic mass is 10.2. The average molecular weight is 332 g/mol. The zero-order chi connectivity index (χ0) is 14.2. The molecule has 0 aliphatic rings. The Bertz CT molecular complexity index is 607. The van der Waals surface area contributed by atoms with E-state index in [-0.39, 0.29) is 0 Å². The highest BCUT2D eigenvalue weighted by Crippen LogP contribution is 2.16. The topological polar surface area (TPSA) is 42.2 Å². The Morgan fingerprint density at radius 1 is 1.05 bits per heavy atom. The summed E-state index contributed by atoms with van der Waals surface area (Å²) < 4.78 is 12.1. The number of ether oxygens (including phenoxy) is 2. The van der Waals surface area contributed by atoms with Gasteiger partial charge in [-0.25, -0.2) is 0 Å². The van der Waals surface area contributed by atoms with E-state index in [9.17, 15) is 0 Å². The van der Waals surface area contributed by atoms with Crippen LogP contribution in [0.15, 0.2) is 53.0 Å². The van der Waals surface area contributed by atoms with E-state index in [0.717, 1.165) is 10.0 Å². The van der Waals surface area contributed by atoms with Gasteiger partial charge < -0.3 is 9.47 Å². The first-order valence-corrected chi connectivity index (χ1v) is 7.03. The quantitative estimate of drug-likeness (QED) is 0.753. The number of hydrogen-bond donors (Lipinski definition) is 0. The van der Waals surface area contributed by atoms with E-state index >= 15 is 0 Å². The minimum absolute atomic E-state index is 0.458. The van der Waals surface area contributed by atoms with Crippen LogP contribution in [0.3, 0.4) is 0 Å². The van der Waals surface area contributed by atoms with Crippen molar-refractivity contribution < 1.29 is 9.47 Å². The van der Waals surface area contributed by atoms with Crippen LogP contribution >= 0.6 is 15.9 Å². The summed E-state index contributed by atoms with van der Waals surface area (Å²) in [6.45, 7) is 1.50. The number of nitriles is 1. The number of nitrogens with zero attached hydrogens (tertiary/aromatic N) is 1. The van der Waals surface area contributed by atoms with Gasteiger partial charge in [-0.2, -0.15) is 5.26 Å². The second-order valence-corrected chi connectivity index (χ2v) is 4.99. The highest BCUT2D eigenvalue weighted by atomic mass is 79.9. The van der Waals surface area contributed by atoms with Crippen molar-refractivity contribution in [1.82, 2.24) is 0 Å². The van der Waals surface area contributed by atoms with Crippen molar-refractivity contribution >= 4 is 15.9 Å². The molecule has 2 rings (SSSR count). The molecule has 2 aromatic carbocycles. The summed E-state index contributed by atoms with van der Waals surface area (Å²) in [6, 6.07) is 17.1. The van der Waals surface area contributed by atoms with Crippen LogP contribution in [0, 0.1) is 11.3 Å². The fourth-order valence-corrected chi connectivity index (χ4v) is 2.07. The van der Waals surface area contributed by atoms with E-state index in [0.29, 0.717) is 31.1 Å². The molecule has 0 amide bonds. The van der Waals surface area contributed by atoms with Crippen LogP contribution < -0.4 is 4.74 Å². The van der Waals surface area contributed by atoms with Crippen molar-refractivity contribution in [1.29, 1.82) is 5.26 Å². The Labute approximate surface area is 126 Å². The Kier molecular flexibility index (Phi) is 5.60. The zero-order valence-corrected chi connectivity index (χ0v) is 12.5. The predicted octanol–water partition coefficient (Wildman–Crippen LogP) is 3.92. The molecule has 0 spiro atoms. The van der Waals surface area contributed by atoms with Crippen molar-refractivity contribution in [3.05, 3.63) is 64.1 Å². The summed E-state index contributed by atoms with van der Waals surface area (Å²) in [4.78, 5) is 0. The largest absolute Gasteiger partial charge is 0.491 e. The second-order valence-electron chi connectivity index (χ2n) is 4.13. The summed E-state index contributed by atoms with van der Waals surface area (Å²) >= 11 is 3.48. The van der Waals surface area contributed by atoms with E-state index in [2.05, 4.69) is 22.0 Å². The van der Waals surface area contributed by atoms with Crippen molar-refractivity contribution in [3.8, 4) is 11.8 Å². The highest BCUT2D eigenvalue weighted by molar-refractivity contribution is 9.10. The van der Waals surface area contributed by atoms with E-state index in [1.165, 1.54) is 0 Å². The van der Waals surface area contributed by atoms with Crippen molar-refractivity contribution in [3.63, 3.8) is 0 Å². The molecule has 0 saturated carbocycles. The average Bonchev–Trinajstić information content (AvgIpc) is 2.49. The first-order valence-electron chi connectivity index (χ1n) is 6.24. The molecular formula is C16H14BrNO2. The molecule has 102 valence electrons. The smallest absolute Gasteiger partial charge is 0.120 e. The van der Waals surface area contributed by atoms with Gasteiger partial charge >= 0.3 is 0 Å². The third-order valence-corrected chi connectivity index (χ3v) is 3.45. The molecule has 0 heterocycles. The van der Waals surface area contributed by atoms with Crippen molar-refractivity contribution in [2.45, 2.75) is 6.61 Å². The van der Waals surface area contributed by atoms with E-state index in [4.69, 9.17) is 14.7 Å². The number of benzene rings is 2. The summed E-state index contributed by atoms with van der Waals surface area (Å²) in [6.07, 6.45) is 0. The van der Waals surface area contributed by atoms with Crippen LogP contribution in [0.1, 0.15) is 11.1 Å². The summed E-state index contributed by atoms with van der Waals surface area (Å²) in [7, 11) is 0. The summed E-state index contributed by atoms with van der Waals surface area (Å²) in [5.74, 6) is 0.688. The van der Waals surface area contributed by atoms with Gasteiger partial charge in [-0.15, -0.1) is 0 Å². The molecule has 0 radical (unpaired) electrons. The minimum atomic E-state index is 0.458. The van der Waals surface area contributed by atoms with Gasteiger partial charge in [-0.1, -0.05) is 40.2 Å². The second kappa shape index (κ2) is 7.68. The van der Waals surface area contributed by atoms with Crippen LogP contribution in [-0.2, 0) is 11.3 Å². The molecular weight excluding hydrogens is 318 g/mol. The lowest BCUT2D eigenvalue weighted by Crippen LogP contribution is -2.07. The molecule has 0 aliphatic carbocycles. The van der Waals surface area contributed by atoms with Gasteiger partial charge in [0.15, 0.2) is 0 Å². The van der Waals surface area contributed by atoms with Gasteiger partial charge in [0.2, 0.25) is 0 Å². The Morgan fingerprint density at radius 2 is 1.90 bits per heavy atom. The van der Waals surface area contributed by atoms with E-state index in [1.54, 1.807) is 18.2 Å². The molecule has 3 nitrogen and oxygen atoms in total. The van der Waals surface area contributed by atoms with Crippen LogP contribution in [-0.4, -0.2) is 13.2 Å². The van der Waals surface area contributed by atoms with E-state index < -0.39 is 0 Å². The zero-order valence-electron chi connectivity index (χ0n) is 10.9. The van der Waals surface area contributed by atoms with Crippen LogP contribution in [0.5, 0.6) is 5.75 Å². The standard InChI is InChI=1S/C16H14BrNO2/c17-16-7-2-1-5-14(16)12-19-8-9-20-15-6-3-4-13(10-15)11-18/h1-7,10H,8-9,12H2. The first-order chi connectivity index (χ1) is 9.79. The number of halogens is 1. The van der Waals surface area contributed by atoms with Gasteiger partial charge in [0.25, 0.3) is 0 Å². The van der Waals surface area contributed by atoms with Gasteiger partial charge in [0.05, 0.1) is 24.8 Å². The molecule has 0 aliphatic heterocycles. The highest BCUT2D eigenvalue weighted by Gasteiger charge is 1.99. The Hall–Kier alpha value is -1.83. The summed E-state index contributed by atoms with van der Waals surface area (Å²) in [5, 5.41) is 8.79.